The molecule has 4 amide bonds. The summed E-state index contributed by atoms with van der Waals surface area (Å²) < 4.78 is 0.919. The van der Waals surface area contributed by atoms with E-state index >= 15 is 0 Å². The van der Waals surface area contributed by atoms with Crippen molar-refractivity contribution in [2.45, 2.75) is 70.7 Å². The molecule has 4 heterocycles. The van der Waals surface area contributed by atoms with Gasteiger partial charge in [-0.15, -0.1) is 0 Å². The van der Waals surface area contributed by atoms with E-state index in [0.717, 1.165) is 22.2 Å². The van der Waals surface area contributed by atoms with Crippen LogP contribution in [0.3, 0.4) is 0 Å². The topological polar surface area (TPSA) is 106 Å². The van der Waals surface area contributed by atoms with Crippen molar-refractivity contribution < 1.29 is 19.5 Å². The highest BCUT2D eigenvalue weighted by Crippen LogP contribution is 2.42. The van der Waals surface area contributed by atoms with E-state index in [-0.39, 0.29) is 42.5 Å². The Labute approximate surface area is 237 Å². The first-order chi connectivity index (χ1) is 19.3. The van der Waals surface area contributed by atoms with Crippen LogP contribution in [0.1, 0.15) is 57.1 Å². The average Bonchev–Trinajstić information content (AvgIpc) is 3.73. The highest BCUT2D eigenvalue weighted by atomic mass is 32.1. The number of urea groups is 1. The zero-order valence-electron chi connectivity index (χ0n) is 23.0. The molecule has 0 bridgehead atoms. The Morgan fingerprint density at radius 2 is 1.88 bits per heavy atom. The Balaban J connectivity index is 1.18. The molecular weight excluding hydrogens is 526 g/mol. The number of nitrogens with zero attached hydrogens (tertiary/aromatic N) is 4. The molecule has 2 N–H and O–H groups in total. The molecule has 3 aliphatic rings. The molecule has 1 aromatic heterocycles. The van der Waals surface area contributed by atoms with Gasteiger partial charge in [-0.2, -0.15) is 0 Å². The van der Waals surface area contributed by atoms with Crippen LogP contribution >= 0.6 is 11.3 Å². The van der Waals surface area contributed by atoms with Gasteiger partial charge in [0, 0.05) is 18.8 Å². The van der Waals surface area contributed by atoms with Gasteiger partial charge in [0.15, 0.2) is 5.13 Å². The van der Waals surface area contributed by atoms with Gasteiger partial charge in [0.2, 0.25) is 11.8 Å². The summed E-state index contributed by atoms with van der Waals surface area (Å²) in [5, 5.41) is 13.1. The van der Waals surface area contributed by atoms with Crippen molar-refractivity contribution in [1.82, 2.24) is 14.8 Å². The lowest BCUT2D eigenvalue weighted by Crippen LogP contribution is -2.52. The molecule has 3 aliphatic heterocycles. The molecule has 10 heteroatoms. The highest BCUT2D eigenvalue weighted by molar-refractivity contribution is 7.22. The Morgan fingerprint density at radius 1 is 1.10 bits per heavy atom. The first kappa shape index (κ1) is 26.7. The average molecular weight is 562 g/mol. The molecule has 3 fully saturated rings. The first-order valence-electron chi connectivity index (χ1n) is 14.1. The maximum Gasteiger partial charge on any atom is 0.322 e. The smallest absolute Gasteiger partial charge is 0.322 e. The van der Waals surface area contributed by atoms with Gasteiger partial charge in [0.05, 0.1) is 34.8 Å². The SMILES string of the molecule is CC(C)c1ccc(NC(=O)N2CCC[C@H]2C(=O)N2CC[C@H]3[C@H]2[C@H](C)C(=O)N3c2nc3ccc(CO)cc3s2)cc1. The quantitative estimate of drug-likeness (QED) is 0.475. The fraction of sp³-hybridized carbons (Fsp3) is 0.467. The second-order valence-electron chi connectivity index (χ2n) is 11.4. The van der Waals surface area contributed by atoms with Crippen molar-refractivity contribution >= 4 is 50.2 Å². The number of aliphatic hydroxyl groups is 1. The molecule has 6 rings (SSSR count). The number of thiazole rings is 1. The Kier molecular flexibility index (Phi) is 7.00. The van der Waals surface area contributed by atoms with Crippen LogP contribution in [0.5, 0.6) is 0 Å². The molecule has 0 aliphatic carbocycles. The van der Waals surface area contributed by atoms with Crippen molar-refractivity contribution in [2.75, 3.05) is 23.3 Å². The molecule has 0 saturated carbocycles. The summed E-state index contributed by atoms with van der Waals surface area (Å²) in [7, 11) is 0. The summed E-state index contributed by atoms with van der Waals surface area (Å²) in [6.07, 6.45) is 2.05. The highest BCUT2D eigenvalue weighted by Gasteiger charge is 2.55. The number of amides is 4. The summed E-state index contributed by atoms with van der Waals surface area (Å²) in [6.45, 7) is 7.16. The van der Waals surface area contributed by atoms with Crippen LogP contribution in [-0.4, -0.2) is 69.0 Å². The third-order valence-electron chi connectivity index (χ3n) is 8.63. The van der Waals surface area contributed by atoms with Gasteiger partial charge in [-0.25, -0.2) is 9.78 Å². The molecule has 4 atom stereocenters. The first-order valence-corrected chi connectivity index (χ1v) is 14.9. The second kappa shape index (κ2) is 10.5. The Morgan fingerprint density at radius 3 is 2.60 bits per heavy atom. The number of likely N-dealkylation sites (tertiary alicyclic amines) is 2. The molecule has 0 unspecified atom stereocenters. The predicted molar refractivity (Wildman–Crippen MR) is 155 cm³/mol. The van der Waals surface area contributed by atoms with E-state index in [9.17, 15) is 19.5 Å². The minimum Gasteiger partial charge on any atom is -0.392 e. The number of hydrogen-bond acceptors (Lipinski definition) is 6. The third kappa shape index (κ3) is 4.53. The number of aliphatic hydroxyl groups excluding tert-OH is 1. The number of hydrogen-bond donors (Lipinski definition) is 2. The van der Waals surface area contributed by atoms with Crippen LogP contribution in [0, 0.1) is 5.92 Å². The number of benzene rings is 2. The van der Waals surface area contributed by atoms with Crippen LogP contribution in [0.25, 0.3) is 10.2 Å². The van der Waals surface area contributed by atoms with Gasteiger partial charge in [0.1, 0.15) is 6.04 Å². The number of nitrogens with one attached hydrogen (secondary N) is 1. The summed E-state index contributed by atoms with van der Waals surface area (Å²) >= 11 is 1.44. The van der Waals surface area contributed by atoms with Gasteiger partial charge in [0.25, 0.3) is 0 Å². The van der Waals surface area contributed by atoms with Crippen molar-refractivity contribution in [3.8, 4) is 0 Å². The number of fused-ring (bicyclic) bond motifs is 2. The largest absolute Gasteiger partial charge is 0.392 e. The number of anilines is 2. The molecule has 40 heavy (non-hydrogen) atoms. The number of carbonyl (C=O) groups is 3. The Bertz CT molecular complexity index is 1450. The summed E-state index contributed by atoms with van der Waals surface area (Å²) in [5.74, 6) is -0.0581. The summed E-state index contributed by atoms with van der Waals surface area (Å²) in [6, 6.07) is 12.2. The molecular formula is C30H35N5O4S. The monoisotopic (exact) mass is 561 g/mol. The van der Waals surface area contributed by atoms with Crippen LogP contribution in [0.4, 0.5) is 15.6 Å². The second-order valence-corrected chi connectivity index (χ2v) is 12.4. The molecule has 9 nitrogen and oxygen atoms in total. The molecule has 3 saturated heterocycles. The number of rotatable bonds is 5. The standard InChI is InChI=1S/C30H35N5O4S/c1-17(2)20-7-9-21(10-8-20)31-29(39)33-13-4-5-24(33)28(38)34-14-12-23-26(34)18(3)27(37)35(23)30-32-22-11-6-19(16-36)15-25(22)40-30/h6-11,15,17-18,23-24,26,36H,4-5,12-14,16H2,1-3H3,(H,31,39)/t18-,23-,24-,26+/m0/s1. The Hall–Kier alpha value is -3.50. The van der Waals surface area contributed by atoms with Crippen molar-refractivity contribution in [3.63, 3.8) is 0 Å². The maximum atomic E-state index is 13.9. The minimum atomic E-state index is -0.538. The third-order valence-corrected chi connectivity index (χ3v) is 9.65. The molecule has 0 radical (unpaired) electrons. The van der Waals surface area contributed by atoms with E-state index in [2.05, 4.69) is 19.2 Å². The normalized spacial score (nSPS) is 24.4. The van der Waals surface area contributed by atoms with Crippen LogP contribution in [0.15, 0.2) is 42.5 Å². The van der Waals surface area contributed by atoms with Gasteiger partial charge in [-0.05, 0) is 60.6 Å². The van der Waals surface area contributed by atoms with Crippen molar-refractivity contribution in [3.05, 3.63) is 53.6 Å². The number of carbonyl (C=O) groups excluding carboxylic acids is 3. The van der Waals surface area contributed by atoms with Gasteiger partial charge in [-0.3, -0.25) is 14.5 Å². The van der Waals surface area contributed by atoms with E-state index in [1.807, 2.05) is 54.3 Å². The molecule has 0 spiro atoms. The van der Waals surface area contributed by atoms with Crippen LogP contribution in [-0.2, 0) is 16.2 Å². The maximum absolute atomic E-state index is 13.9. The predicted octanol–water partition coefficient (Wildman–Crippen LogP) is 4.56. The molecule has 210 valence electrons. The lowest BCUT2D eigenvalue weighted by atomic mass is 10.0. The van der Waals surface area contributed by atoms with Crippen molar-refractivity contribution in [2.24, 2.45) is 5.92 Å². The van der Waals surface area contributed by atoms with Gasteiger partial charge >= 0.3 is 6.03 Å². The minimum absolute atomic E-state index is 0.0280. The fourth-order valence-electron chi connectivity index (χ4n) is 6.47. The van der Waals surface area contributed by atoms with E-state index in [1.54, 1.807) is 9.80 Å². The zero-order valence-corrected chi connectivity index (χ0v) is 23.9. The fourth-order valence-corrected chi connectivity index (χ4v) is 7.56. The molecule has 3 aromatic rings. The van der Waals surface area contributed by atoms with Gasteiger partial charge < -0.3 is 20.2 Å². The van der Waals surface area contributed by atoms with E-state index in [4.69, 9.17) is 4.98 Å². The van der Waals surface area contributed by atoms with Gasteiger partial charge in [-0.1, -0.05) is 50.3 Å². The zero-order chi connectivity index (χ0) is 28.1. The van der Waals surface area contributed by atoms with Crippen LogP contribution in [0.2, 0.25) is 0 Å². The lowest BCUT2D eigenvalue weighted by Gasteiger charge is -2.32. The molecule has 2 aromatic carbocycles. The van der Waals surface area contributed by atoms with E-state index < -0.39 is 6.04 Å². The summed E-state index contributed by atoms with van der Waals surface area (Å²) in [4.78, 5) is 50.7. The van der Waals surface area contributed by atoms with E-state index in [1.165, 1.54) is 16.9 Å². The van der Waals surface area contributed by atoms with Crippen LogP contribution < -0.4 is 10.2 Å². The lowest BCUT2D eigenvalue weighted by molar-refractivity contribution is -0.137. The summed E-state index contributed by atoms with van der Waals surface area (Å²) in [5.41, 5.74) is 3.50. The van der Waals surface area contributed by atoms with Crippen molar-refractivity contribution in [1.29, 1.82) is 0 Å². The van der Waals surface area contributed by atoms with E-state index in [0.29, 0.717) is 42.7 Å². The number of aromatic nitrogens is 1.